The number of methoxy groups -OCH3 is 2. The Kier molecular flexibility index (Phi) is 17.9. The van der Waals surface area contributed by atoms with Crippen molar-refractivity contribution < 1.29 is 103 Å². The smallest absolute Gasteiger partial charge is 0.331 e. The van der Waals surface area contributed by atoms with E-state index in [9.17, 15) is 60.0 Å². The van der Waals surface area contributed by atoms with Crippen LogP contribution in [0.5, 0.6) is 34.5 Å². The van der Waals surface area contributed by atoms with Crippen molar-refractivity contribution in [3.63, 3.8) is 0 Å². The molecule has 8 N–H and O–H groups in total. The van der Waals surface area contributed by atoms with Gasteiger partial charge in [-0.25, -0.2) is 19.2 Å². The minimum Gasteiger partial charge on any atom is -0.508 e. The number of phenols is 4. The van der Waals surface area contributed by atoms with Crippen LogP contribution in [0.2, 0.25) is 0 Å². The van der Waals surface area contributed by atoms with Gasteiger partial charge in [-0.3, -0.25) is 0 Å². The van der Waals surface area contributed by atoms with Gasteiger partial charge >= 0.3 is 23.9 Å². The maximum Gasteiger partial charge on any atom is 0.331 e. The molecule has 0 radical (unpaired) electrons. The van der Waals surface area contributed by atoms with Crippen LogP contribution in [0.1, 0.15) is 22.3 Å². The number of hydrogen-bond donors (Lipinski definition) is 8. The molecule has 0 aliphatic carbocycles. The van der Waals surface area contributed by atoms with E-state index >= 15 is 0 Å². The summed E-state index contributed by atoms with van der Waals surface area (Å²) in [7, 11) is 2.65. The number of carbonyl (C=O) groups excluding carboxylic acids is 4. The van der Waals surface area contributed by atoms with E-state index in [4.69, 9.17) is 42.6 Å². The van der Waals surface area contributed by atoms with E-state index in [-0.39, 0.29) is 34.5 Å². The highest BCUT2D eigenvalue weighted by Crippen LogP contribution is 2.39. The van der Waals surface area contributed by atoms with Crippen molar-refractivity contribution in [3.8, 4) is 34.5 Å². The van der Waals surface area contributed by atoms with E-state index in [1.54, 1.807) is 0 Å². The fourth-order valence-corrected chi connectivity index (χ4v) is 6.97. The number of aliphatic hydroxyl groups excluding tert-OH is 4. The van der Waals surface area contributed by atoms with Crippen LogP contribution in [0, 0.1) is 0 Å². The van der Waals surface area contributed by atoms with Gasteiger partial charge in [-0.1, -0.05) is 36.4 Å². The van der Waals surface area contributed by atoms with Crippen LogP contribution in [0.4, 0.5) is 0 Å². The fourth-order valence-electron chi connectivity index (χ4n) is 6.97. The molecule has 0 spiro atoms. The molecule has 4 aromatic carbocycles. The number of phenolic OH excluding ortho intramolecular Hbond substituents is 4. The van der Waals surface area contributed by atoms with Crippen LogP contribution in [0.15, 0.2) is 109 Å². The number of aromatic hydroxyl groups is 4. The van der Waals surface area contributed by atoms with Crippen molar-refractivity contribution in [3.05, 3.63) is 131 Å². The van der Waals surface area contributed by atoms with Gasteiger partial charge in [0.05, 0.1) is 14.2 Å². The maximum atomic E-state index is 13.6. The third kappa shape index (κ3) is 14.2. The predicted molar refractivity (Wildman–Crippen MR) is 246 cm³/mol. The molecule has 0 bridgehead atoms. The summed E-state index contributed by atoms with van der Waals surface area (Å²) < 4.78 is 50.2. The molecule has 2 heterocycles. The zero-order valence-electron chi connectivity index (χ0n) is 37.8. The first-order valence-electron chi connectivity index (χ1n) is 21.5. The monoisotopic (exact) mass is 986 g/mol. The molecule has 9 atom stereocenters. The van der Waals surface area contributed by atoms with Gasteiger partial charge in [-0.15, -0.1) is 0 Å². The average molecular weight is 987 g/mol. The second-order valence-electron chi connectivity index (χ2n) is 15.7. The van der Waals surface area contributed by atoms with Crippen LogP contribution in [-0.4, -0.2) is 154 Å². The molecule has 4 aromatic rings. The van der Waals surface area contributed by atoms with E-state index in [2.05, 4.69) is 0 Å². The van der Waals surface area contributed by atoms with Gasteiger partial charge in [0.1, 0.15) is 67.9 Å². The third-order valence-corrected chi connectivity index (χ3v) is 10.7. The van der Waals surface area contributed by atoms with Gasteiger partial charge in [-0.05, 0) is 95.1 Å². The van der Waals surface area contributed by atoms with Gasteiger partial charge in [-0.2, -0.15) is 0 Å². The molecule has 2 aliphatic rings. The standard InChI is InChI=1S/C50H50O21/c1-63-36-23-30(7-17-34(36)53)11-20-41(56)66-26-39-45(60)48(69-43(58)22-10-29-5-15-33(52)16-6-29)50(70-39,27-67-42(57)21-12-31-8-18-35(54)37(24-31)64-2)71-49-47(62)46(61)44(59)38(68-49)25-65-40(55)19-9-28-3-13-32(51)14-4-28/h3-24,38-39,44-49,51-54,59-62H,25-27H2,1-2H3/b19-9+,20-11+,21-12+,22-10+/t38-,39-,44-,45-,46+,47-,48+,49-,50+/m1/s1. The molecular formula is C50H50O21. The van der Waals surface area contributed by atoms with Crippen LogP contribution in [-0.2, 0) is 52.3 Å². The lowest BCUT2D eigenvalue weighted by Gasteiger charge is -2.43. The molecule has 376 valence electrons. The molecule has 6 rings (SSSR count). The topological polar surface area (TPSA) is 313 Å². The highest BCUT2D eigenvalue weighted by molar-refractivity contribution is 5.89. The lowest BCUT2D eigenvalue weighted by molar-refractivity contribution is -0.383. The SMILES string of the molecule is COc1cc(/C=C/C(=O)OC[C@H]2O[C@@](COC(=O)/C=C/c3ccc(O)c(OC)c3)(O[C@H]3O[C@H](COC(=O)/C=C/c4ccc(O)cc4)[C@@H](O)[C@H](O)[C@H]3O)[C@@H](OC(=O)/C=C/c3ccc(O)cc3)[C@@H]2O)ccc1O. The van der Waals surface area contributed by atoms with E-state index in [0.29, 0.717) is 22.3 Å². The van der Waals surface area contributed by atoms with Gasteiger partial charge < -0.3 is 83.5 Å². The van der Waals surface area contributed by atoms with Crippen molar-refractivity contribution in [2.75, 3.05) is 34.0 Å². The van der Waals surface area contributed by atoms with Crippen molar-refractivity contribution in [2.45, 2.75) is 54.8 Å². The largest absolute Gasteiger partial charge is 0.508 e. The van der Waals surface area contributed by atoms with Gasteiger partial charge in [0.25, 0.3) is 0 Å². The minimum absolute atomic E-state index is 0.00427. The Morgan fingerprint density at radius 2 is 0.972 bits per heavy atom. The van der Waals surface area contributed by atoms with Crippen LogP contribution in [0.25, 0.3) is 24.3 Å². The number of ether oxygens (including phenoxy) is 9. The fraction of sp³-hybridized carbons (Fsp3) is 0.280. The molecule has 0 amide bonds. The summed E-state index contributed by atoms with van der Waals surface area (Å²) in [5.74, 6) is -7.04. The van der Waals surface area contributed by atoms with Crippen molar-refractivity contribution >= 4 is 48.2 Å². The first kappa shape index (κ1) is 52.6. The number of esters is 4. The highest BCUT2D eigenvalue weighted by atomic mass is 16.8. The summed E-state index contributed by atoms with van der Waals surface area (Å²) in [6.45, 7) is -2.62. The van der Waals surface area contributed by atoms with Crippen molar-refractivity contribution in [1.29, 1.82) is 0 Å². The highest BCUT2D eigenvalue weighted by Gasteiger charge is 2.62. The maximum absolute atomic E-state index is 13.6. The quantitative estimate of drug-likeness (QED) is 0.0380. The molecule has 2 fully saturated rings. The van der Waals surface area contributed by atoms with E-state index in [1.165, 1.54) is 123 Å². The Balaban J connectivity index is 1.29. The van der Waals surface area contributed by atoms with E-state index in [1.807, 2.05) is 0 Å². The summed E-state index contributed by atoms with van der Waals surface area (Å²) in [6.07, 6.45) is -6.40. The number of hydrogen-bond acceptors (Lipinski definition) is 21. The summed E-state index contributed by atoms with van der Waals surface area (Å²) >= 11 is 0. The Labute approximate surface area is 404 Å². The molecule has 71 heavy (non-hydrogen) atoms. The molecule has 21 nitrogen and oxygen atoms in total. The Morgan fingerprint density at radius 1 is 0.535 bits per heavy atom. The van der Waals surface area contributed by atoms with E-state index in [0.717, 1.165) is 24.3 Å². The van der Waals surface area contributed by atoms with E-state index < -0.39 is 98.5 Å². The first-order chi connectivity index (χ1) is 34.0. The molecule has 2 saturated heterocycles. The summed E-state index contributed by atoms with van der Waals surface area (Å²) in [5, 5.41) is 84.2. The Hall–Kier alpha value is -7.76. The second-order valence-corrected chi connectivity index (χ2v) is 15.7. The summed E-state index contributed by atoms with van der Waals surface area (Å²) in [4.78, 5) is 52.6. The first-order valence-corrected chi connectivity index (χ1v) is 21.5. The molecule has 0 unspecified atom stereocenters. The molecule has 0 aromatic heterocycles. The number of benzene rings is 4. The number of carbonyl (C=O) groups is 4. The zero-order valence-corrected chi connectivity index (χ0v) is 37.8. The van der Waals surface area contributed by atoms with Crippen molar-refractivity contribution in [2.24, 2.45) is 0 Å². The molecule has 2 aliphatic heterocycles. The zero-order chi connectivity index (χ0) is 51.2. The Morgan fingerprint density at radius 3 is 1.46 bits per heavy atom. The summed E-state index contributed by atoms with van der Waals surface area (Å²) in [6, 6.07) is 19.9. The van der Waals surface area contributed by atoms with Gasteiger partial charge in [0, 0.05) is 24.3 Å². The van der Waals surface area contributed by atoms with Crippen LogP contribution in [0.3, 0.4) is 0 Å². The Bertz CT molecular complexity index is 2610. The molecular weight excluding hydrogens is 937 g/mol. The normalized spacial score (nSPS) is 24.3. The molecule has 21 heteroatoms. The lowest BCUT2D eigenvalue weighted by atomic mass is 9.98. The second kappa shape index (κ2) is 24.2. The van der Waals surface area contributed by atoms with Crippen LogP contribution >= 0.6 is 0 Å². The third-order valence-electron chi connectivity index (χ3n) is 10.7. The minimum atomic E-state index is -2.72. The summed E-state index contributed by atoms with van der Waals surface area (Å²) in [5.41, 5.74) is 1.74. The number of rotatable bonds is 19. The van der Waals surface area contributed by atoms with Crippen LogP contribution < -0.4 is 9.47 Å². The average Bonchev–Trinajstić information content (AvgIpc) is 3.62. The van der Waals surface area contributed by atoms with Crippen molar-refractivity contribution in [1.82, 2.24) is 0 Å². The predicted octanol–water partition coefficient (Wildman–Crippen LogP) is 2.50. The number of aliphatic hydroxyl groups is 4. The lowest BCUT2D eigenvalue weighted by Crippen LogP contribution is -2.63. The van der Waals surface area contributed by atoms with Gasteiger partial charge in [0.15, 0.2) is 35.4 Å². The van der Waals surface area contributed by atoms with Gasteiger partial charge in [0.2, 0.25) is 5.79 Å². The molecule has 0 saturated carbocycles.